The molecule has 0 spiro atoms. The molecule has 3 rings (SSSR count). The number of hydrogen-bond acceptors (Lipinski definition) is 3. The first-order valence-electron chi connectivity index (χ1n) is 9.07. The standard InChI is InChI=1S/C21H26FN3O/c1-24(2)20-9-8-17(14-19(20)22)21(26)23-18-10-12-25(13-11-18)15-16-6-4-3-5-7-16/h3-9,14,18H,10-13,15H2,1-2H3,(H,23,26). The lowest BCUT2D eigenvalue weighted by molar-refractivity contribution is 0.0908. The van der Waals surface area contributed by atoms with Crippen LogP contribution in [0.4, 0.5) is 10.1 Å². The predicted octanol–water partition coefficient (Wildman–Crippen LogP) is 3.29. The minimum absolute atomic E-state index is 0.145. The monoisotopic (exact) mass is 355 g/mol. The average molecular weight is 355 g/mol. The zero-order valence-electron chi connectivity index (χ0n) is 15.4. The Hall–Kier alpha value is -2.40. The van der Waals surface area contributed by atoms with Gasteiger partial charge in [-0.15, -0.1) is 0 Å². The summed E-state index contributed by atoms with van der Waals surface area (Å²) in [6.07, 6.45) is 1.83. The number of anilines is 1. The van der Waals surface area contributed by atoms with Gasteiger partial charge in [-0.2, -0.15) is 0 Å². The summed E-state index contributed by atoms with van der Waals surface area (Å²) < 4.78 is 14.1. The molecule has 0 aromatic heterocycles. The number of rotatable bonds is 5. The van der Waals surface area contributed by atoms with E-state index >= 15 is 0 Å². The number of piperidine rings is 1. The molecular formula is C21H26FN3O. The molecule has 26 heavy (non-hydrogen) atoms. The quantitative estimate of drug-likeness (QED) is 0.894. The first-order chi connectivity index (χ1) is 12.5. The molecule has 0 atom stereocenters. The van der Waals surface area contributed by atoms with E-state index in [0.717, 1.165) is 32.5 Å². The fourth-order valence-corrected chi connectivity index (χ4v) is 3.36. The van der Waals surface area contributed by atoms with Gasteiger partial charge in [0.15, 0.2) is 0 Å². The van der Waals surface area contributed by atoms with Gasteiger partial charge in [0.05, 0.1) is 5.69 Å². The van der Waals surface area contributed by atoms with Crippen LogP contribution in [0.15, 0.2) is 48.5 Å². The van der Waals surface area contributed by atoms with Gasteiger partial charge in [0.25, 0.3) is 5.91 Å². The normalized spacial score (nSPS) is 15.7. The highest BCUT2D eigenvalue weighted by Gasteiger charge is 2.21. The second-order valence-electron chi connectivity index (χ2n) is 7.07. The maximum Gasteiger partial charge on any atom is 0.251 e. The zero-order chi connectivity index (χ0) is 18.5. The van der Waals surface area contributed by atoms with Crippen molar-refractivity contribution in [2.75, 3.05) is 32.1 Å². The first-order valence-corrected chi connectivity index (χ1v) is 9.07. The maximum absolute atomic E-state index is 14.1. The van der Waals surface area contributed by atoms with Crippen LogP contribution in [0, 0.1) is 5.82 Å². The van der Waals surface area contributed by atoms with Crippen molar-refractivity contribution in [3.05, 3.63) is 65.5 Å². The maximum atomic E-state index is 14.1. The van der Waals surface area contributed by atoms with Gasteiger partial charge in [-0.3, -0.25) is 9.69 Å². The molecule has 1 fully saturated rings. The summed E-state index contributed by atoms with van der Waals surface area (Å²) in [5.41, 5.74) is 2.17. The summed E-state index contributed by atoms with van der Waals surface area (Å²) in [6.45, 7) is 2.85. The smallest absolute Gasteiger partial charge is 0.251 e. The molecule has 1 N–H and O–H groups in total. The van der Waals surface area contributed by atoms with E-state index < -0.39 is 0 Å². The lowest BCUT2D eigenvalue weighted by atomic mass is 10.0. The van der Waals surface area contributed by atoms with E-state index in [1.807, 2.05) is 6.07 Å². The number of carbonyl (C=O) groups excluding carboxylic acids is 1. The molecule has 1 saturated heterocycles. The molecule has 0 bridgehead atoms. The highest BCUT2D eigenvalue weighted by molar-refractivity contribution is 5.94. The van der Waals surface area contributed by atoms with Gasteiger partial charge in [0.1, 0.15) is 5.82 Å². The number of benzene rings is 2. The zero-order valence-corrected chi connectivity index (χ0v) is 15.4. The minimum atomic E-state index is -0.375. The van der Waals surface area contributed by atoms with Gasteiger partial charge in [0, 0.05) is 45.3 Å². The Balaban J connectivity index is 1.51. The van der Waals surface area contributed by atoms with Crippen molar-refractivity contribution in [3.63, 3.8) is 0 Å². The summed E-state index contributed by atoms with van der Waals surface area (Å²) in [5.74, 6) is -0.573. The molecule has 2 aromatic carbocycles. The van der Waals surface area contributed by atoms with Crippen LogP contribution in [-0.2, 0) is 6.54 Å². The summed E-state index contributed by atoms with van der Waals surface area (Å²) >= 11 is 0. The van der Waals surface area contributed by atoms with Crippen LogP contribution in [0.1, 0.15) is 28.8 Å². The molecular weight excluding hydrogens is 329 g/mol. The Morgan fingerprint density at radius 1 is 1.15 bits per heavy atom. The second-order valence-corrected chi connectivity index (χ2v) is 7.07. The molecule has 0 unspecified atom stereocenters. The minimum Gasteiger partial charge on any atom is -0.375 e. The molecule has 2 aromatic rings. The van der Waals surface area contributed by atoms with Gasteiger partial charge in [-0.25, -0.2) is 4.39 Å². The second kappa shape index (κ2) is 8.32. The van der Waals surface area contributed by atoms with Crippen LogP contribution in [-0.4, -0.2) is 44.0 Å². The first kappa shape index (κ1) is 18.4. The van der Waals surface area contributed by atoms with Crippen LogP contribution >= 0.6 is 0 Å². The van der Waals surface area contributed by atoms with Gasteiger partial charge < -0.3 is 10.2 Å². The van der Waals surface area contributed by atoms with E-state index in [4.69, 9.17) is 0 Å². The average Bonchev–Trinajstić information content (AvgIpc) is 2.64. The van der Waals surface area contributed by atoms with E-state index in [-0.39, 0.29) is 17.8 Å². The third-order valence-corrected chi connectivity index (χ3v) is 4.86. The third kappa shape index (κ3) is 4.61. The lowest BCUT2D eigenvalue weighted by Gasteiger charge is -2.32. The van der Waals surface area contributed by atoms with Gasteiger partial charge in [0.2, 0.25) is 0 Å². The van der Waals surface area contributed by atoms with Crippen molar-refractivity contribution in [3.8, 4) is 0 Å². The SMILES string of the molecule is CN(C)c1ccc(C(=O)NC2CCN(Cc3ccccc3)CC2)cc1F. The third-order valence-electron chi connectivity index (χ3n) is 4.86. The van der Waals surface area contributed by atoms with Crippen LogP contribution < -0.4 is 10.2 Å². The molecule has 138 valence electrons. The lowest BCUT2D eigenvalue weighted by Crippen LogP contribution is -2.44. The fraction of sp³-hybridized carbons (Fsp3) is 0.381. The van der Waals surface area contributed by atoms with Crippen LogP contribution in [0.25, 0.3) is 0 Å². The van der Waals surface area contributed by atoms with E-state index in [9.17, 15) is 9.18 Å². The van der Waals surface area contributed by atoms with Crippen molar-refractivity contribution < 1.29 is 9.18 Å². The van der Waals surface area contributed by atoms with Crippen molar-refractivity contribution >= 4 is 11.6 Å². The topological polar surface area (TPSA) is 35.6 Å². The van der Waals surface area contributed by atoms with E-state index in [1.165, 1.54) is 11.6 Å². The molecule has 0 radical (unpaired) electrons. The number of halogens is 1. The number of carbonyl (C=O) groups is 1. The predicted molar refractivity (Wildman–Crippen MR) is 103 cm³/mol. The number of nitrogens with one attached hydrogen (secondary N) is 1. The molecule has 1 aliphatic rings. The molecule has 0 saturated carbocycles. The van der Waals surface area contributed by atoms with E-state index in [0.29, 0.717) is 11.3 Å². The van der Waals surface area contributed by atoms with Gasteiger partial charge >= 0.3 is 0 Å². The van der Waals surface area contributed by atoms with E-state index in [1.54, 1.807) is 31.1 Å². The van der Waals surface area contributed by atoms with Crippen molar-refractivity contribution in [2.24, 2.45) is 0 Å². The number of amides is 1. The Morgan fingerprint density at radius 3 is 2.46 bits per heavy atom. The van der Waals surface area contributed by atoms with Crippen LogP contribution in [0.3, 0.4) is 0 Å². The van der Waals surface area contributed by atoms with Gasteiger partial charge in [-0.1, -0.05) is 30.3 Å². The Labute approximate surface area is 154 Å². The van der Waals surface area contributed by atoms with Crippen LogP contribution in [0.2, 0.25) is 0 Å². The largest absolute Gasteiger partial charge is 0.375 e. The van der Waals surface area contributed by atoms with Crippen molar-refractivity contribution in [1.82, 2.24) is 10.2 Å². The fourth-order valence-electron chi connectivity index (χ4n) is 3.36. The highest BCUT2D eigenvalue weighted by atomic mass is 19.1. The summed E-state index contributed by atoms with van der Waals surface area (Å²) in [5, 5.41) is 3.05. The Bertz CT molecular complexity index is 740. The van der Waals surface area contributed by atoms with Gasteiger partial charge in [-0.05, 0) is 36.6 Å². The molecule has 0 aliphatic carbocycles. The molecule has 1 aliphatic heterocycles. The molecule has 5 heteroatoms. The number of hydrogen-bond donors (Lipinski definition) is 1. The van der Waals surface area contributed by atoms with Crippen molar-refractivity contribution in [1.29, 1.82) is 0 Å². The Morgan fingerprint density at radius 2 is 1.85 bits per heavy atom. The summed E-state index contributed by atoms with van der Waals surface area (Å²) in [4.78, 5) is 16.5. The molecule has 1 heterocycles. The van der Waals surface area contributed by atoms with Crippen LogP contribution in [0.5, 0.6) is 0 Å². The summed E-state index contributed by atoms with van der Waals surface area (Å²) in [7, 11) is 3.56. The number of likely N-dealkylation sites (tertiary alicyclic amines) is 1. The Kier molecular flexibility index (Phi) is 5.89. The molecule has 1 amide bonds. The van der Waals surface area contributed by atoms with E-state index in [2.05, 4.69) is 34.5 Å². The number of nitrogens with zero attached hydrogens (tertiary/aromatic N) is 2. The summed E-state index contributed by atoms with van der Waals surface area (Å²) in [6, 6.07) is 15.2. The highest BCUT2D eigenvalue weighted by Crippen LogP contribution is 2.19. The molecule has 4 nitrogen and oxygen atoms in total. The van der Waals surface area contributed by atoms with Crippen molar-refractivity contribution in [2.45, 2.75) is 25.4 Å².